The van der Waals surface area contributed by atoms with Crippen LogP contribution in [0.3, 0.4) is 0 Å². The Kier molecular flexibility index (Phi) is 5.61. The number of carbonyl (C=O) groups excluding carboxylic acids is 3. The lowest BCUT2D eigenvalue weighted by Crippen LogP contribution is -2.53. The van der Waals surface area contributed by atoms with Gasteiger partial charge in [-0.15, -0.1) is 0 Å². The maximum atomic E-state index is 12.8. The number of fused-ring (bicyclic) bond motifs is 1. The highest BCUT2D eigenvalue weighted by Gasteiger charge is 2.42. The average molecular weight is 402 g/mol. The molecule has 7 nitrogen and oxygen atoms in total. The predicted molar refractivity (Wildman–Crippen MR) is 110 cm³/mol. The summed E-state index contributed by atoms with van der Waals surface area (Å²) < 4.78 is 6.35. The molecule has 29 heavy (non-hydrogen) atoms. The summed E-state index contributed by atoms with van der Waals surface area (Å²) in [6.45, 7) is 10.2. The molecule has 3 amide bonds. The highest BCUT2D eigenvalue weighted by molar-refractivity contribution is 5.97. The second-order valence-electron chi connectivity index (χ2n) is 9.22. The summed E-state index contributed by atoms with van der Waals surface area (Å²) in [4.78, 5) is 39.5. The zero-order chi connectivity index (χ0) is 21.4. The molecule has 0 radical (unpaired) electrons. The van der Waals surface area contributed by atoms with Crippen molar-refractivity contribution in [1.29, 1.82) is 0 Å². The summed E-state index contributed by atoms with van der Waals surface area (Å²) in [5, 5.41) is 5.90. The van der Waals surface area contributed by atoms with E-state index in [0.717, 1.165) is 5.56 Å². The largest absolute Gasteiger partial charge is 0.485 e. The van der Waals surface area contributed by atoms with Crippen molar-refractivity contribution in [3.8, 4) is 5.75 Å². The monoisotopic (exact) mass is 401 g/mol. The Morgan fingerprint density at radius 3 is 2.69 bits per heavy atom. The van der Waals surface area contributed by atoms with Crippen LogP contribution in [0.25, 0.3) is 0 Å². The molecule has 0 aromatic heterocycles. The van der Waals surface area contributed by atoms with Crippen LogP contribution in [0.4, 0.5) is 0 Å². The Bertz CT molecular complexity index is 830. The van der Waals surface area contributed by atoms with Crippen LogP contribution in [0.15, 0.2) is 18.2 Å². The summed E-state index contributed by atoms with van der Waals surface area (Å²) in [6.07, 6.45) is 1.30. The molecular weight excluding hydrogens is 370 g/mol. The Balaban J connectivity index is 1.79. The number of carbonyl (C=O) groups is 3. The van der Waals surface area contributed by atoms with E-state index in [1.54, 1.807) is 11.8 Å². The minimum absolute atomic E-state index is 0.0678. The van der Waals surface area contributed by atoms with Gasteiger partial charge in [-0.05, 0) is 53.2 Å². The number of rotatable bonds is 2. The summed E-state index contributed by atoms with van der Waals surface area (Å²) >= 11 is 0. The van der Waals surface area contributed by atoms with Gasteiger partial charge in [-0.2, -0.15) is 0 Å². The molecule has 2 heterocycles. The first-order valence-corrected chi connectivity index (χ1v) is 10.2. The third-order valence-electron chi connectivity index (χ3n) is 5.55. The smallest absolute Gasteiger partial charge is 0.255 e. The minimum atomic E-state index is -0.666. The van der Waals surface area contributed by atoms with Gasteiger partial charge in [0.1, 0.15) is 17.4 Å². The van der Waals surface area contributed by atoms with E-state index in [2.05, 4.69) is 10.6 Å². The third-order valence-corrected chi connectivity index (χ3v) is 5.55. The number of aryl methyl sites for hydroxylation is 1. The van der Waals surface area contributed by atoms with Gasteiger partial charge in [0.05, 0.1) is 12.1 Å². The number of nitrogens with zero attached hydrogens (tertiary/aromatic N) is 1. The Hall–Kier alpha value is -2.57. The van der Waals surface area contributed by atoms with Crippen LogP contribution in [0.1, 0.15) is 62.9 Å². The highest BCUT2D eigenvalue weighted by atomic mass is 16.5. The molecule has 0 saturated carbocycles. The Morgan fingerprint density at radius 1 is 1.28 bits per heavy atom. The van der Waals surface area contributed by atoms with E-state index in [-0.39, 0.29) is 29.7 Å². The first-order chi connectivity index (χ1) is 13.5. The van der Waals surface area contributed by atoms with Crippen molar-refractivity contribution in [2.75, 3.05) is 13.1 Å². The lowest BCUT2D eigenvalue weighted by atomic mass is 9.94. The molecule has 3 rings (SSSR count). The lowest BCUT2D eigenvalue weighted by Gasteiger charge is -2.33. The number of amides is 3. The van der Waals surface area contributed by atoms with Crippen molar-refractivity contribution in [3.63, 3.8) is 0 Å². The molecule has 2 unspecified atom stereocenters. The number of hydrogen-bond donors (Lipinski definition) is 2. The number of likely N-dealkylation sites (tertiary alicyclic amines) is 1. The summed E-state index contributed by atoms with van der Waals surface area (Å²) in [5.74, 6) is 0.149. The van der Waals surface area contributed by atoms with Crippen LogP contribution in [0.2, 0.25) is 0 Å². The van der Waals surface area contributed by atoms with Crippen molar-refractivity contribution >= 4 is 17.7 Å². The summed E-state index contributed by atoms with van der Waals surface area (Å²) in [5.41, 5.74) is 0.477. The van der Waals surface area contributed by atoms with Gasteiger partial charge < -0.3 is 20.3 Å². The number of hydrogen-bond acceptors (Lipinski definition) is 4. The summed E-state index contributed by atoms with van der Waals surface area (Å²) in [7, 11) is 0. The van der Waals surface area contributed by atoms with Crippen molar-refractivity contribution in [2.45, 2.75) is 71.1 Å². The van der Waals surface area contributed by atoms with Crippen molar-refractivity contribution in [2.24, 2.45) is 0 Å². The van der Waals surface area contributed by atoms with Crippen molar-refractivity contribution in [1.82, 2.24) is 15.5 Å². The average Bonchev–Trinajstić information content (AvgIpc) is 2.87. The maximum absolute atomic E-state index is 12.8. The molecule has 2 N–H and O–H groups in total. The van der Waals surface area contributed by atoms with Crippen LogP contribution in [0, 0.1) is 6.92 Å². The molecular formula is C22H31N3O4. The van der Waals surface area contributed by atoms with E-state index in [4.69, 9.17) is 4.74 Å². The number of benzene rings is 1. The van der Waals surface area contributed by atoms with E-state index in [1.165, 1.54) is 0 Å². The first kappa shape index (κ1) is 21.1. The molecule has 1 spiro atoms. The van der Waals surface area contributed by atoms with Crippen LogP contribution >= 0.6 is 0 Å². The van der Waals surface area contributed by atoms with E-state index < -0.39 is 11.6 Å². The fourth-order valence-electron chi connectivity index (χ4n) is 3.87. The zero-order valence-corrected chi connectivity index (χ0v) is 17.9. The van der Waals surface area contributed by atoms with Gasteiger partial charge in [0.2, 0.25) is 11.8 Å². The zero-order valence-electron chi connectivity index (χ0n) is 17.9. The van der Waals surface area contributed by atoms with Gasteiger partial charge >= 0.3 is 0 Å². The van der Waals surface area contributed by atoms with Crippen LogP contribution < -0.4 is 15.4 Å². The molecule has 7 heteroatoms. The summed E-state index contributed by atoms with van der Waals surface area (Å²) in [6, 6.07) is 4.99. The molecule has 2 atom stereocenters. The van der Waals surface area contributed by atoms with Gasteiger partial charge in [0.25, 0.3) is 5.91 Å². The molecule has 158 valence electrons. The first-order valence-electron chi connectivity index (χ1n) is 10.2. The normalized spacial score (nSPS) is 23.4. The molecule has 0 bridgehead atoms. The molecule has 2 aliphatic rings. The molecule has 1 fully saturated rings. The van der Waals surface area contributed by atoms with Crippen molar-refractivity contribution < 1.29 is 19.1 Å². The molecule has 1 saturated heterocycles. The van der Waals surface area contributed by atoms with E-state index in [0.29, 0.717) is 37.2 Å². The minimum Gasteiger partial charge on any atom is -0.485 e. The van der Waals surface area contributed by atoms with E-state index in [9.17, 15) is 14.4 Å². The Morgan fingerprint density at radius 2 is 2.00 bits per heavy atom. The quantitative estimate of drug-likeness (QED) is 0.795. The SMILES string of the molecule is Cc1ccc2c(c1)C(=O)NCC1(CCC(=O)N(C(C)C(=O)NC(C)(C)C)CC1)O2. The van der Waals surface area contributed by atoms with Crippen LogP contribution in [0.5, 0.6) is 5.75 Å². The molecule has 0 aliphatic carbocycles. The second-order valence-corrected chi connectivity index (χ2v) is 9.22. The fraction of sp³-hybridized carbons (Fsp3) is 0.591. The van der Waals surface area contributed by atoms with Gasteiger partial charge in [0, 0.05) is 24.9 Å². The topological polar surface area (TPSA) is 87.7 Å². The second kappa shape index (κ2) is 7.69. The standard InChI is InChI=1S/C22H31N3O4/c1-14-6-7-17-16(12-14)20(28)23-13-22(29-17)9-8-18(26)25(11-10-22)15(2)19(27)24-21(3,4)5/h6-7,12,15H,8-11,13H2,1-5H3,(H,23,28)(H,24,27). The van der Waals surface area contributed by atoms with E-state index in [1.807, 2.05) is 45.9 Å². The van der Waals surface area contributed by atoms with Gasteiger partial charge in [-0.3, -0.25) is 14.4 Å². The fourth-order valence-corrected chi connectivity index (χ4v) is 3.87. The third kappa shape index (κ3) is 4.71. The van der Waals surface area contributed by atoms with Gasteiger partial charge in [0.15, 0.2) is 0 Å². The number of nitrogens with one attached hydrogen (secondary N) is 2. The maximum Gasteiger partial charge on any atom is 0.255 e. The number of ether oxygens (including phenoxy) is 1. The molecule has 2 aliphatic heterocycles. The van der Waals surface area contributed by atoms with Crippen LogP contribution in [-0.4, -0.2) is 52.9 Å². The van der Waals surface area contributed by atoms with Gasteiger partial charge in [-0.25, -0.2) is 0 Å². The van der Waals surface area contributed by atoms with Crippen molar-refractivity contribution in [3.05, 3.63) is 29.3 Å². The highest BCUT2D eigenvalue weighted by Crippen LogP contribution is 2.34. The predicted octanol–water partition coefficient (Wildman–Crippen LogP) is 2.17. The molecule has 1 aromatic rings. The van der Waals surface area contributed by atoms with Crippen LogP contribution in [-0.2, 0) is 9.59 Å². The van der Waals surface area contributed by atoms with Gasteiger partial charge in [-0.1, -0.05) is 11.6 Å². The van der Waals surface area contributed by atoms with E-state index >= 15 is 0 Å². The lowest BCUT2D eigenvalue weighted by molar-refractivity contribution is -0.140. The Labute approximate surface area is 172 Å². The molecule has 1 aromatic carbocycles.